The molecular weight excluding hydrogens is 242 g/mol. The van der Waals surface area contributed by atoms with E-state index in [9.17, 15) is 10.1 Å². The Morgan fingerprint density at radius 2 is 2.16 bits per heavy atom. The highest BCUT2D eigenvalue weighted by Crippen LogP contribution is 2.13. The SMILES string of the molecule is Cc1cnccc1CNCc1cccc([N+](=O)[O-])c1. The van der Waals surface area contributed by atoms with Gasteiger partial charge in [-0.2, -0.15) is 0 Å². The molecule has 1 heterocycles. The quantitative estimate of drug-likeness (QED) is 0.660. The van der Waals surface area contributed by atoms with Gasteiger partial charge in [0.05, 0.1) is 4.92 Å². The number of nitrogens with zero attached hydrogens (tertiary/aromatic N) is 2. The number of nitrogens with one attached hydrogen (secondary N) is 1. The lowest BCUT2D eigenvalue weighted by Crippen LogP contribution is -2.13. The number of hydrogen-bond donors (Lipinski definition) is 1. The molecule has 1 aromatic heterocycles. The number of nitro groups is 1. The maximum Gasteiger partial charge on any atom is 0.269 e. The van der Waals surface area contributed by atoms with E-state index < -0.39 is 0 Å². The lowest BCUT2D eigenvalue weighted by molar-refractivity contribution is -0.384. The van der Waals surface area contributed by atoms with Crippen molar-refractivity contribution in [1.82, 2.24) is 10.3 Å². The van der Waals surface area contributed by atoms with Crippen molar-refractivity contribution in [2.75, 3.05) is 0 Å². The molecule has 98 valence electrons. The molecule has 0 unspecified atom stereocenters. The van der Waals surface area contributed by atoms with Crippen LogP contribution < -0.4 is 5.32 Å². The summed E-state index contributed by atoms with van der Waals surface area (Å²) in [6.07, 6.45) is 3.59. The van der Waals surface area contributed by atoms with Crippen LogP contribution in [0.15, 0.2) is 42.7 Å². The topological polar surface area (TPSA) is 68.1 Å². The summed E-state index contributed by atoms with van der Waals surface area (Å²) in [5.74, 6) is 0. The molecule has 0 fully saturated rings. The summed E-state index contributed by atoms with van der Waals surface area (Å²) < 4.78 is 0. The van der Waals surface area contributed by atoms with Crippen molar-refractivity contribution in [3.8, 4) is 0 Å². The van der Waals surface area contributed by atoms with E-state index in [1.54, 1.807) is 18.3 Å². The zero-order valence-corrected chi connectivity index (χ0v) is 10.7. The Morgan fingerprint density at radius 1 is 1.32 bits per heavy atom. The second-order valence-corrected chi connectivity index (χ2v) is 4.33. The predicted molar refractivity (Wildman–Crippen MR) is 72.6 cm³/mol. The van der Waals surface area contributed by atoms with Crippen molar-refractivity contribution < 1.29 is 4.92 Å². The van der Waals surface area contributed by atoms with E-state index in [4.69, 9.17) is 0 Å². The summed E-state index contributed by atoms with van der Waals surface area (Å²) in [5, 5.41) is 13.9. The number of rotatable bonds is 5. The predicted octanol–water partition coefficient (Wildman–Crippen LogP) is 2.59. The maximum absolute atomic E-state index is 10.7. The van der Waals surface area contributed by atoms with Gasteiger partial charge in [-0.05, 0) is 29.7 Å². The molecule has 5 nitrogen and oxygen atoms in total. The van der Waals surface area contributed by atoms with E-state index in [-0.39, 0.29) is 10.6 Å². The molecule has 0 saturated heterocycles. The normalized spacial score (nSPS) is 10.4. The highest BCUT2D eigenvalue weighted by atomic mass is 16.6. The van der Waals surface area contributed by atoms with Crippen LogP contribution in [0.25, 0.3) is 0 Å². The van der Waals surface area contributed by atoms with Gasteiger partial charge < -0.3 is 5.32 Å². The van der Waals surface area contributed by atoms with Gasteiger partial charge in [-0.3, -0.25) is 15.1 Å². The summed E-state index contributed by atoms with van der Waals surface area (Å²) in [6.45, 7) is 3.33. The minimum absolute atomic E-state index is 0.124. The Morgan fingerprint density at radius 3 is 2.89 bits per heavy atom. The first-order chi connectivity index (χ1) is 9.16. The summed E-state index contributed by atoms with van der Waals surface area (Å²) in [5.41, 5.74) is 3.34. The Labute approximate surface area is 111 Å². The number of aryl methyl sites for hydroxylation is 1. The van der Waals surface area contributed by atoms with Gasteiger partial charge >= 0.3 is 0 Å². The zero-order valence-electron chi connectivity index (χ0n) is 10.7. The highest BCUT2D eigenvalue weighted by molar-refractivity contribution is 5.34. The molecule has 2 aromatic rings. The van der Waals surface area contributed by atoms with E-state index >= 15 is 0 Å². The molecule has 1 N–H and O–H groups in total. The van der Waals surface area contributed by atoms with E-state index in [1.165, 1.54) is 11.6 Å². The molecule has 0 amide bonds. The number of benzene rings is 1. The lowest BCUT2D eigenvalue weighted by atomic mass is 10.1. The molecule has 0 aliphatic rings. The molecule has 0 aliphatic heterocycles. The van der Waals surface area contributed by atoms with Gasteiger partial charge in [0.2, 0.25) is 0 Å². The van der Waals surface area contributed by atoms with Gasteiger partial charge in [0.15, 0.2) is 0 Å². The van der Waals surface area contributed by atoms with Crippen molar-refractivity contribution >= 4 is 5.69 Å². The van der Waals surface area contributed by atoms with Crippen molar-refractivity contribution in [2.24, 2.45) is 0 Å². The van der Waals surface area contributed by atoms with Gasteiger partial charge in [0.1, 0.15) is 0 Å². The first-order valence-electron chi connectivity index (χ1n) is 6.00. The van der Waals surface area contributed by atoms with Crippen LogP contribution in [0.5, 0.6) is 0 Å². The Kier molecular flexibility index (Phi) is 4.20. The van der Waals surface area contributed by atoms with Gasteiger partial charge in [-0.15, -0.1) is 0 Å². The summed E-state index contributed by atoms with van der Waals surface area (Å²) >= 11 is 0. The van der Waals surface area contributed by atoms with Crippen molar-refractivity contribution in [1.29, 1.82) is 0 Å². The first-order valence-corrected chi connectivity index (χ1v) is 6.00. The van der Waals surface area contributed by atoms with Gasteiger partial charge in [0.25, 0.3) is 5.69 Å². The fraction of sp³-hybridized carbons (Fsp3) is 0.214. The molecule has 0 bridgehead atoms. The van der Waals surface area contributed by atoms with E-state index in [1.807, 2.05) is 25.3 Å². The average molecular weight is 257 g/mol. The first kappa shape index (κ1) is 13.2. The molecule has 0 atom stereocenters. The van der Waals surface area contributed by atoms with Crippen LogP contribution in [0.3, 0.4) is 0 Å². The molecule has 0 spiro atoms. The Hall–Kier alpha value is -2.27. The maximum atomic E-state index is 10.7. The second kappa shape index (κ2) is 6.06. The van der Waals surface area contributed by atoms with Crippen molar-refractivity contribution in [2.45, 2.75) is 20.0 Å². The van der Waals surface area contributed by atoms with E-state index in [0.717, 1.165) is 17.7 Å². The van der Waals surface area contributed by atoms with Crippen molar-refractivity contribution in [3.63, 3.8) is 0 Å². The second-order valence-electron chi connectivity index (χ2n) is 4.33. The lowest BCUT2D eigenvalue weighted by Gasteiger charge is -2.07. The van der Waals surface area contributed by atoms with Crippen LogP contribution in [0, 0.1) is 17.0 Å². The third kappa shape index (κ3) is 3.59. The van der Waals surface area contributed by atoms with Gasteiger partial charge in [-0.25, -0.2) is 0 Å². The van der Waals surface area contributed by atoms with Crippen LogP contribution in [0.2, 0.25) is 0 Å². The minimum atomic E-state index is -0.378. The molecule has 19 heavy (non-hydrogen) atoms. The molecule has 0 saturated carbocycles. The average Bonchev–Trinajstić information content (AvgIpc) is 2.41. The number of aromatic nitrogens is 1. The third-order valence-electron chi connectivity index (χ3n) is 2.90. The Bertz CT molecular complexity index is 584. The molecule has 5 heteroatoms. The Balaban J connectivity index is 1.94. The number of hydrogen-bond acceptors (Lipinski definition) is 4. The molecule has 0 radical (unpaired) electrons. The monoisotopic (exact) mass is 257 g/mol. The minimum Gasteiger partial charge on any atom is -0.309 e. The third-order valence-corrected chi connectivity index (χ3v) is 2.90. The fourth-order valence-corrected chi connectivity index (χ4v) is 1.82. The zero-order chi connectivity index (χ0) is 13.7. The molecular formula is C14H15N3O2. The van der Waals surface area contributed by atoms with E-state index in [0.29, 0.717) is 6.54 Å². The van der Waals surface area contributed by atoms with Crippen LogP contribution in [-0.2, 0) is 13.1 Å². The van der Waals surface area contributed by atoms with Crippen LogP contribution in [0.4, 0.5) is 5.69 Å². The highest BCUT2D eigenvalue weighted by Gasteiger charge is 2.05. The van der Waals surface area contributed by atoms with Crippen LogP contribution in [0.1, 0.15) is 16.7 Å². The standard InChI is InChI=1S/C14H15N3O2/c1-11-8-15-6-5-13(11)10-16-9-12-3-2-4-14(7-12)17(18)19/h2-8,16H,9-10H2,1H3. The molecule has 1 aromatic carbocycles. The number of nitro benzene ring substituents is 1. The van der Waals surface area contributed by atoms with Crippen molar-refractivity contribution in [3.05, 3.63) is 69.5 Å². The smallest absolute Gasteiger partial charge is 0.269 e. The molecule has 2 rings (SSSR count). The largest absolute Gasteiger partial charge is 0.309 e. The summed E-state index contributed by atoms with van der Waals surface area (Å²) in [6, 6.07) is 8.63. The van der Waals surface area contributed by atoms with E-state index in [2.05, 4.69) is 10.3 Å². The van der Waals surface area contributed by atoms with Crippen LogP contribution >= 0.6 is 0 Å². The van der Waals surface area contributed by atoms with Gasteiger partial charge in [0, 0.05) is 37.6 Å². The summed E-state index contributed by atoms with van der Waals surface area (Å²) in [4.78, 5) is 14.3. The fourth-order valence-electron chi connectivity index (χ4n) is 1.82. The number of non-ortho nitro benzene ring substituents is 1. The number of pyridine rings is 1. The molecule has 0 aliphatic carbocycles. The van der Waals surface area contributed by atoms with Crippen LogP contribution in [-0.4, -0.2) is 9.91 Å². The summed E-state index contributed by atoms with van der Waals surface area (Å²) in [7, 11) is 0. The van der Waals surface area contributed by atoms with Gasteiger partial charge in [-0.1, -0.05) is 12.1 Å².